The predicted molar refractivity (Wildman–Crippen MR) is 154 cm³/mol. The van der Waals surface area contributed by atoms with Gasteiger partial charge in [-0.15, -0.1) is 0 Å². The Kier molecular flexibility index (Phi) is 9.36. The predicted octanol–water partition coefficient (Wildman–Crippen LogP) is 4.91. The van der Waals surface area contributed by atoms with Crippen LogP contribution in [0.15, 0.2) is 114 Å². The average molecular weight is 617 g/mol. The second-order valence-electron chi connectivity index (χ2n) is 8.20. The normalized spacial score (nSPS) is 10.8. The van der Waals surface area contributed by atoms with E-state index in [9.17, 15) is 14.4 Å². The number of hydrogen-bond donors (Lipinski definition) is 2. The van der Waals surface area contributed by atoms with Crippen LogP contribution in [0.3, 0.4) is 0 Å². The maximum absolute atomic E-state index is 13.0. The largest absolute Gasteiger partial charge is 0.423 e. The second kappa shape index (κ2) is 13.3. The number of carbonyl (C=O) groups is 3. The lowest BCUT2D eigenvalue weighted by molar-refractivity contribution is -0.126. The molecule has 2 N–H and O–H groups in total. The molecule has 0 radical (unpaired) electrons. The van der Waals surface area contributed by atoms with Crippen molar-refractivity contribution >= 4 is 46.6 Å². The first-order valence-corrected chi connectivity index (χ1v) is 12.9. The fourth-order valence-corrected chi connectivity index (χ4v) is 4.29. The minimum atomic E-state index is -0.535. The van der Waals surface area contributed by atoms with Crippen molar-refractivity contribution in [1.29, 1.82) is 0 Å². The molecule has 7 nitrogen and oxygen atoms in total. The molecule has 0 saturated carbocycles. The first-order chi connectivity index (χ1) is 18.5. The van der Waals surface area contributed by atoms with Crippen LogP contribution < -0.4 is 15.5 Å². The van der Waals surface area contributed by atoms with Gasteiger partial charge in [0.15, 0.2) is 0 Å². The van der Waals surface area contributed by atoms with E-state index < -0.39 is 17.8 Å². The van der Waals surface area contributed by atoms with Gasteiger partial charge in [0.05, 0.1) is 24.2 Å². The second-order valence-corrected chi connectivity index (χ2v) is 9.37. The number of hydrazone groups is 1. The number of nitrogens with zero attached hydrogens (tertiary/aromatic N) is 1. The van der Waals surface area contributed by atoms with E-state index in [-0.39, 0.29) is 12.5 Å². The number of rotatable bonds is 9. The fraction of sp³-hybridized carbons (Fsp3) is 0.0667. The van der Waals surface area contributed by atoms with Gasteiger partial charge < -0.3 is 10.1 Å². The smallest absolute Gasteiger partial charge is 0.344 e. The van der Waals surface area contributed by atoms with Crippen molar-refractivity contribution in [1.82, 2.24) is 10.7 Å². The van der Waals surface area contributed by atoms with Gasteiger partial charge in [0, 0.05) is 3.57 Å². The van der Waals surface area contributed by atoms with Crippen LogP contribution >= 0.6 is 22.6 Å². The molecule has 0 bridgehead atoms. The van der Waals surface area contributed by atoms with Gasteiger partial charge in [0.25, 0.3) is 5.91 Å². The number of hydrogen-bond acceptors (Lipinski definition) is 5. The average Bonchev–Trinajstić information content (AvgIpc) is 2.94. The Morgan fingerprint density at radius 3 is 1.97 bits per heavy atom. The number of halogens is 1. The monoisotopic (exact) mass is 617 g/mol. The molecule has 0 aliphatic heterocycles. The van der Waals surface area contributed by atoms with Crippen LogP contribution in [0, 0.1) is 3.57 Å². The summed E-state index contributed by atoms with van der Waals surface area (Å²) in [7, 11) is 0. The van der Waals surface area contributed by atoms with Crippen LogP contribution in [-0.2, 0) is 9.59 Å². The van der Waals surface area contributed by atoms with Crippen LogP contribution in [0.1, 0.15) is 33.0 Å². The number of amides is 2. The molecule has 0 atom stereocenters. The maximum Gasteiger partial charge on any atom is 0.344 e. The Morgan fingerprint density at radius 2 is 1.37 bits per heavy atom. The van der Waals surface area contributed by atoms with Crippen LogP contribution in [0.4, 0.5) is 0 Å². The molecule has 4 rings (SSSR count). The highest BCUT2D eigenvalue weighted by atomic mass is 127. The molecule has 190 valence electrons. The molecular weight excluding hydrogens is 593 g/mol. The van der Waals surface area contributed by atoms with Gasteiger partial charge in [-0.25, -0.2) is 10.2 Å². The van der Waals surface area contributed by atoms with E-state index in [0.29, 0.717) is 16.9 Å². The highest BCUT2D eigenvalue weighted by molar-refractivity contribution is 14.1. The number of ether oxygens (including phenoxy) is 1. The molecule has 0 aliphatic rings. The van der Waals surface area contributed by atoms with E-state index in [2.05, 4.69) is 38.4 Å². The Bertz CT molecular complexity index is 1390. The number of carbonyl (C=O) groups excluding carboxylic acids is 3. The van der Waals surface area contributed by atoms with Crippen molar-refractivity contribution in [3.8, 4) is 5.75 Å². The molecule has 4 aromatic carbocycles. The van der Waals surface area contributed by atoms with E-state index >= 15 is 0 Å². The zero-order valence-corrected chi connectivity index (χ0v) is 22.4. The topological polar surface area (TPSA) is 96.9 Å². The summed E-state index contributed by atoms with van der Waals surface area (Å²) in [6, 6.07) is 32.7. The summed E-state index contributed by atoms with van der Waals surface area (Å²) in [4.78, 5) is 37.6. The summed E-state index contributed by atoms with van der Waals surface area (Å²) in [5.74, 6) is -1.32. The van der Waals surface area contributed by atoms with Gasteiger partial charge in [-0.1, -0.05) is 72.8 Å². The third-order valence-electron chi connectivity index (χ3n) is 5.54. The van der Waals surface area contributed by atoms with Crippen molar-refractivity contribution in [2.45, 2.75) is 5.92 Å². The Labute approximate surface area is 234 Å². The van der Waals surface area contributed by atoms with Crippen molar-refractivity contribution in [2.24, 2.45) is 5.10 Å². The first-order valence-electron chi connectivity index (χ1n) is 11.8. The number of nitrogens with one attached hydrogen (secondary N) is 2. The third-order valence-corrected chi connectivity index (χ3v) is 6.48. The van der Waals surface area contributed by atoms with Gasteiger partial charge in [-0.05, 0) is 75.7 Å². The lowest BCUT2D eigenvalue weighted by Crippen LogP contribution is -2.37. The zero-order valence-electron chi connectivity index (χ0n) is 20.2. The van der Waals surface area contributed by atoms with Gasteiger partial charge >= 0.3 is 5.97 Å². The summed E-state index contributed by atoms with van der Waals surface area (Å²) >= 11 is 2.09. The van der Waals surface area contributed by atoms with E-state index in [1.54, 1.807) is 36.4 Å². The quantitative estimate of drug-likeness (QED) is 0.0918. The molecule has 8 heteroatoms. The minimum absolute atomic E-state index is 0.223. The van der Waals surface area contributed by atoms with Crippen molar-refractivity contribution in [2.75, 3.05) is 6.54 Å². The molecule has 4 aromatic rings. The number of esters is 1. The molecule has 0 unspecified atom stereocenters. The van der Waals surface area contributed by atoms with Crippen LogP contribution in [-0.4, -0.2) is 30.5 Å². The SMILES string of the molecule is O=C(CNC(=O)C(c1ccccc1)c1ccccc1)N/N=C\c1ccc(OC(=O)c2ccccc2I)cc1. The fourth-order valence-electron chi connectivity index (χ4n) is 3.68. The molecule has 0 heterocycles. The molecule has 38 heavy (non-hydrogen) atoms. The van der Waals surface area contributed by atoms with Crippen LogP contribution in [0.5, 0.6) is 5.75 Å². The molecule has 0 fully saturated rings. The summed E-state index contributed by atoms with van der Waals surface area (Å²) in [6.45, 7) is -0.223. The van der Waals surface area contributed by atoms with Gasteiger partial charge in [-0.3, -0.25) is 9.59 Å². The zero-order chi connectivity index (χ0) is 26.7. The Hall–Kier alpha value is -4.31. The van der Waals surface area contributed by atoms with Crippen LogP contribution in [0.2, 0.25) is 0 Å². The number of benzene rings is 4. The molecule has 2 amide bonds. The summed E-state index contributed by atoms with van der Waals surface area (Å²) in [5, 5.41) is 6.64. The van der Waals surface area contributed by atoms with Crippen molar-refractivity contribution in [3.05, 3.63) is 135 Å². The Morgan fingerprint density at radius 1 is 0.789 bits per heavy atom. The first kappa shape index (κ1) is 26.7. The summed E-state index contributed by atoms with van der Waals surface area (Å²) < 4.78 is 6.23. The molecular formula is C30H24IN3O4. The van der Waals surface area contributed by atoms with E-state index in [1.165, 1.54) is 6.21 Å². The van der Waals surface area contributed by atoms with E-state index in [4.69, 9.17) is 4.74 Å². The van der Waals surface area contributed by atoms with E-state index in [0.717, 1.165) is 14.7 Å². The van der Waals surface area contributed by atoms with Crippen LogP contribution in [0.25, 0.3) is 0 Å². The lowest BCUT2D eigenvalue weighted by Gasteiger charge is -2.17. The summed E-state index contributed by atoms with van der Waals surface area (Å²) in [6.07, 6.45) is 1.46. The third kappa shape index (κ3) is 7.36. The highest BCUT2D eigenvalue weighted by Crippen LogP contribution is 2.24. The molecule has 0 spiro atoms. The van der Waals surface area contributed by atoms with E-state index in [1.807, 2.05) is 72.8 Å². The van der Waals surface area contributed by atoms with Crippen molar-refractivity contribution in [3.63, 3.8) is 0 Å². The van der Waals surface area contributed by atoms with Gasteiger partial charge in [0.1, 0.15) is 5.75 Å². The standard InChI is InChI=1S/C30H24IN3O4/c31-26-14-8-7-13-25(26)30(37)38-24-17-15-21(16-18-24)19-33-34-27(35)20-32-29(36)28(22-9-3-1-4-10-22)23-11-5-2-6-12-23/h1-19,28H,20H2,(H,32,36)(H,34,35)/b33-19-. The van der Waals surface area contributed by atoms with Gasteiger partial charge in [-0.2, -0.15) is 5.10 Å². The van der Waals surface area contributed by atoms with Crippen molar-refractivity contribution < 1.29 is 19.1 Å². The maximum atomic E-state index is 13.0. The molecule has 0 aromatic heterocycles. The van der Waals surface area contributed by atoms with Gasteiger partial charge in [0.2, 0.25) is 5.91 Å². The summed E-state index contributed by atoms with van der Waals surface area (Å²) in [5.41, 5.74) is 5.26. The molecule has 0 saturated heterocycles. The highest BCUT2D eigenvalue weighted by Gasteiger charge is 2.22. The molecule has 0 aliphatic carbocycles. The minimum Gasteiger partial charge on any atom is -0.423 e. The lowest BCUT2D eigenvalue weighted by atomic mass is 9.90. The Balaban J connectivity index is 1.28.